The van der Waals surface area contributed by atoms with E-state index in [1.807, 2.05) is 66.5 Å². The predicted molar refractivity (Wildman–Crippen MR) is 115 cm³/mol. The van der Waals surface area contributed by atoms with E-state index in [0.29, 0.717) is 25.0 Å². The highest BCUT2D eigenvalue weighted by atomic mass is 16.5. The average molecular weight is 408 g/mol. The molecule has 0 bridgehead atoms. The van der Waals surface area contributed by atoms with E-state index in [9.17, 15) is 9.59 Å². The Hall–Kier alpha value is -2.86. The van der Waals surface area contributed by atoms with Crippen LogP contribution in [0.15, 0.2) is 54.6 Å². The van der Waals surface area contributed by atoms with E-state index < -0.39 is 0 Å². The SMILES string of the molecule is COc1ccc(CNC(=O)[C@@H]2C[C@@H]3CN(C(=O)c4ccccc4)CC[C@@H]3N2C)cc1. The number of methoxy groups -OCH3 is 1. The Bertz CT molecular complexity index is 884. The topological polar surface area (TPSA) is 61.9 Å². The van der Waals surface area contributed by atoms with Crippen molar-refractivity contribution in [2.75, 3.05) is 27.2 Å². The van der Waals surface area contributed by atoms with Gasteiger partial charge in [-0.05, 0) is 55.6 Å². The van der Waals surface area contributed by atoms with Crippen LogP contribution in [0.3, 0.4) is 0 Å². The van der Waals surface area contributed by atoms with Crippen molar-refractivity contribution >= 4 is 11.8 Å². The van der Waals surface area contributed by atoms with Gasteiger partial charge in [0, 0.05) is 31.2 Å². The second-order valence-electron chi connectivity index (χ2n) is 8.22. The second kappa shape index (κ2) is 8.88. The Balaban J connectivity index is 1.34. The van der Waals surface area contributed by atoms with Crippen LogP contribution >= 0.6 is 0 Å². The van der Waals surface area contributed by atoms with E-state index in [0.717, 1.165) is 36.3 Å². The lowest BCUT2D eigenvalue weighted by Crippen LogP contribution is -2.49. The number of hydrogen-bond donors (Lipinski definition) is 1. The number of nitrogens with zero attached hydrogens (tertiary/aromatic N) is 2. The third-order valence-corrected chi connectivity index (χ3v) is 6.47. The maximum absolute atomic E-state index is 12.9. The summed E-state index contributed by atoms with van der Waals surface area (Å²) >= 11 is 0. The molecule has 4 rings (SSSR count). The lowest BCUT2D eigenvalue weighted by molar-refractivity contribution is -0.125. The van der Waals surface area contributed by atoms with Crippen LogP contribution in [0, 0.1) is 5.92 Å². The number of likely N-dealkylation sites (N-methyl/N-ethyl adjacent to an activating group) is 1. The minimum Gasteiger partial charge on any atom is -0.497 e. The average Bonchev–Trinajstić information content (AvgIpc) is 3.13. The summed E-state index contributed by atoms with van der Waals surface area (Å²) in [4.78, 5) is 29.8. The highest BCUT2D eigenvalue weighted by Crippen LogP contribution is 2.35. The van der Waals surface area contributed by atoms with Crippen LogP contribution in [0.5, 0.6) is 5.75 Å². The number of carbonyl (C=O) groups excluding carboxylic acids is 2. The van der Waals surface area contributed by atoms with Gasteiger partial charge in [0.2, 0.25) is 5.91 Å². The Morgan fingerprint density at radius 3 is 2.53 bits per heavy atom. The van der Waals surface area contributed by atoms with Crippen molar-refractivity contribution < 1.29 is 14.3 Å². The van der Waals surface area contributed by atoms with Crippen LogP contribution in [0.2, 0.25) is 0 Å². The Morgan fingerprint density at radius 2 is 1.83 bits per heavy atom. The van der Waals surface area contributed by atoms with Crippen LogP contribution in [0.4, 0.5) is 0 Å². The van der Waals surface area contributed by atoms with Gasteiger partial charge in [0.25, 0.3) is 5.91 Å². The molecule has 1 N–H and O–H groups in total. The van der Waals surface area contributed by atoms with Gasteiger partial charge in [0.05, 0.1) is 13.2 Å². The van der Waals surface area contributed by atoms with Crippen molar-refractivity contribution in [1.29, 1.82) is 0 Å². The molecule has 0 radical (unpaired) electrons. The normalized spacial score (nSPS) is 23.7. The number of benzene rings is 2. The van der Waals surface area contributed by atoms with Gasteiger partial charge < -0.3 is 15.0 Å². The molecule has 0 aliphatic carbocycles. The molecule has 0 spiro atoms. The first kappa shape index (κ1) is 20.4. The molecule has 2 saturated heterocycles. The molecule has 2 aromatic rings. The first-order chi connectivity index (χ1) is 14.6. The van der Waals surface area contributed by atoms with E-state index in [1.54, 1.807) is 7.11 Å². The summed E-state index contributed by atoms with van der Waals surface area (Å²) in [6.45, 7) is 1.95. The van der Waals surface area contributed by atoms with Gasteiger partial charge in [-0.1, -0.05) is 30.3 Å². The molecule has 2 amide bonds. The molecule has 2 heterocycles. The smallest absolute Gasteiger partial charge is 0.253 e. The zero-order valence-corrected chi connectivity index (χ0v) is 17.6. The summed E-state index contributed by atoms with van der Waals surface area (Å²) < 4.78 is 5.18. The van der Waals surface area contributed by atoms with Crippen molar-refractivity contribution in [2.24, 2.45) is 5.92 Å². The van der Waals surface area contributed by atoms with Crippen LogP contribution in [-0.4, -0.2) is 60.9 Å². The molecule has 0 unspecified atom stereocenters. The van der Waals surface area contributed by atoms with Gasteiger partial charge in [0.1, 0.15) is 5.75 Å². The molecule has 2 fully saturated rings. The third kappa shape index (κ3) is 4.19. The molecule has 2 aliphatic heterocycles. The summed E-state index contributed by atoms with van der Waals surface area (Å²) in [5.41, 5.74) is 1.78. The van der Waals surface area contributed by atoms with Crippen LogP contribution in [0.1, 0.15) is 28.8 Å². The van der Waals surface area contributed by atoms with E-state index in [-0.39, 0.29) is 17.9 Å². The van der Waals surface area contributed by atoms with Crippen LogP contribution in [0.25, 0.3) is 0 Å². The maximum Gasteiger partial charge on any atom is 0.253 e. The summed E-state index contributed by atoms with van der Waals surface area (Å²) in [7, 11) is 3.68. The molecule has 6 nitrogen and oxygen atoms in total. The summed E-state index contributed by atoms with van der Waals surface area (Å²) in [6, 6.07) is 17.4. The lowest BCUT2D eigenvalue weighted by atomic mass is 9.91. The van der Waals surface area contributed by atoms with Crippen molar-refractivity contribution in [3.8, 4) is 5.75 Å². The predicted octanol–water partition coefficient (Wildman–Crippen LogP) is 2.55. The number of piperidine rings is 1. The quantitative estimate of drug-likeness (QED) is 0.828. The van der Waals surface area contributed by atoms with E-state index in [4.69, 9.17) is 4.74 Å². The second-order valence-corrected chi connectivity index (χ2v) is 8.22. The van der Waals surface area contributed by atoms with E-state index in [2.05, 4.69) is 10.2 Å². The summed E-state index contributed by atoms with van der Waals surface area (Å²) in [6.07, 6.45) is 1.69. The Kier molecular flexibility index (Phi) is 6.04. The summed E-state index contributed by atoms with van der Waals surface area (Å²) in [5.74, 6) is 1.28. The zero-order chi connectivity index (χ0) is 21.1. The van der Waals surface area contributed by atoms with Gasteiger partial charge in [-0.3, -0.25) is 14.5 Å². The number of likely N-dealkylation sites (tertiary alicyclic amines) is 2. The maximum atomic E-state index is 12.9. The molecule has 30 heavy (non-hydrogen) atoms. The lowest BCUT2D eigenvalue weighted by Gasteiger charge is -2.37. The number of hydrogen-bond acceptors (Lipinski definition) is 4. The monoisotopic (exact) mass is 407 g/mol. The van der Waals surface area contributed by atoms with E-state index in [1.165, 1.54) is 0 Å². The molecular weight excluding hydrogens is 378 g/mol. The van der Waals surface area contributed by atoms with Crippen molar-refractivity contribution in [3.63, 3.8) is 0 Å². The molecule has 158 valence electrons. The van der Waals surface area contributed by atoms with Gasteiger partial charge in [-0.15, -0.1) is 0 Å². The number of nitrogens with one attached hydrogen (secondary N) is 1. The molecule has 2 aliphatic rings. The number of ether oxygens (including phenoxy) is 1. The number of rotatable bonds is 5. The van der Waals surface area contributed by atoms with Crippen molar-refractivity contribution in [2.45, 2.75) is 31.5 Å². The number of fused-ring (bicyclic) bond motifs is 1. The fourth-order valence-corrected chi connectivity index (χ4v) is 4.76. The highest BCUT2D eigenvalue weighted by molar-refractivity contribution is 5.94. The molecule has 0 saturated carbocycles. The van der Waals surface area contributed by atoms with Crippen molar-refractivity contribution in [1.82, 2.24) is 15.1 Å². The van der Waals surface area contributed by atoms with Gasteiger partial charge in [-0.25, -0.2) is 0 Å². The number of carbonyl (C=O) groups is 2. The van der Waals surface area contributed by atoms with Crippen molar-refractivity contribution in [3.05, 3.63) is 65.7 Å². The Labute approximate surface area is 177 Å². The first-order valence-corrected chi connectivity index (χ1v) is 10.5. The van der Waals surface area contributed by atoms with Gasteiger partial charge in [-0.2, -0.15) is 0 Å². The first-order valence-electron chi connectivity index (χ1n) is 10.5. The molecular formula is C24H29N3O3. The minimum atomic E-state index is -0.148. The molecule has 6 heteroatoms. The van der Waals surface area contributed by atoms with E-state index >= 15 is 0 Å². The van der Waals surface area contributed by atoms with Gasteiger partial charge >= 0.3 is 0 Å². The number of amides is 2. The third-order valence-electron chi connectivity index (χ3n) is 6.47. The highest BCUT2D eigenvalue weighted by Gasteiger charge is 2.45. The molecule has 0 aromatic heterocycles. The largest absolute Gasteiger partial charge is 0.497 e. The van der Waals surface area contributed by atoms with Gasteiger partial charge in [0.15, 0.2) is 0 Å². The minimum absolute atomic E-state index is 0.0589. The van der Waals surface area contributed by atoms with Crippen LogP contribution in [-0.2, 0) is 11.3 Å². The Morgan fingerprint density at radius 1 is 1.10 bits per heavy atom. The fraction of sp³-hybridized carbons (Fsp3) is 0.417. The standard InChI is InChI=1S/C24H29N3O3/c1-26-21-12-13-27(24(29)18-6-4-3-5-7-18)16-19(21)14-22(26)23(28)25-15-17-8-10-20(30-2)11-9-17/h3-11,19,21-22H,12-16H2,1-2H3,(H,25,28)/t19-,21+,22+/m1/s1. The molecule has 3 atom stereocenters. The zero-order valence-electron chi connectivity index (χ0n) is 17.6. The molecule has 2 aromatic carbocycles. The fourth-order valence-electron chi connectivity index (χ4n) is 4.76. The van der Waals surface area contributed by atoms with Crippen LogP contribution < -0.4 is 10.1 Å². The summed E-state index contributed by atoms with van der Waals surface area (Å²) in [5, 5.41) is 3.08.